The summed E-state index contributed by atoms with van der Waals surface area (Å²) < 4.78 is 5.71. The molecule has 2 aliphatic carbocycles. The summed E-state index contributed by atoms with van der Waals surface area (Å²) >= 11 is 0. The zero-order valence-corrected chi connectivity index (χ0v) is 19.7. The topological polar surface area (TPSA) is 50.1 Å². The van der Waals surface area contributed by atoms with Crippen LogP contribution in [0, 0.1) is 28.6 Å². The lowest BCUT2D eigenvalue weighted by molar-refractivity contribution is -0.144. The minimum atomic E-state index is -0.961. The van der Waals surface area contributed by atoms with Gasteiger partial charge in [-0.2, -0.15) is 5.26 Å². The summed E-state index contributed by atoms with van der Waals surface area (Å²) in [6, 6.07) is 10.4. The number of benzene rings is 1. The highest BCUT2D eigenvalue weighted by Crippen LogP contribution is 2.42. The Morgan fingerprint density at radius 3 is 2.16 bits per heavy atom. The number of unbranched alkanes of at least 4 members (excludes halogenated alkanes) is 2. The second kappa shape index (κ2) is 11.7. The zero-order chi connectivity index (χ0) is 22.1. The fourth-order valence-corrected chi connectivity index (χ4v) is 5.71. The maximum absolute atomic E-state index is 12.9. The van der Waals surface area contributed by atoms with Crippen molar-refractivity contribution in [2.24, 2.45) is 17.3 Å². The van der Waals surface area contributed by atoms with Crippen molar-refractivity contribution >= 4 is 5.97 Å². The number of rotatable bonds is 9. The Bertz CT molecular complexity index is 716. The van der Waals surface area contributed by atoms with Crippen LogP contribution < -0.4 is 4.74 Å². The van der Waals surface area contributed by atoms with Crippen LogP contribution in [0.3, 0.4) is 0 Å². The van der Waals surface area contributed by atoms with Crippen LogP contribution in [0.1, 0.15) is 115 Å². The molecule has 0 radical (unpaired) electrons. The van der Waals surface area contributed by atoms with Crippen molar-refractivity contribution in [1.82, 2.24) is 0 Å². The fourth-order valence-electron chi connectivity index (χ4n) is 5.71. The van der Waals surface area contributed by atoms with E-state index in [1.807, 2.05) is 12.1 Å². The lowest BCUT2D eigenvalue weighted by atomic mass is 9.70. The van der Waals surface area contributed by atoms with Gasteiger partial charge in [-0.1, -0.05) is 64.5 Å². The van der Waals surface area contributed by atoms with Crippen LogP contribution in [0.2, 0.25) is 0 Å². The van der Waals surface area contributed by atoms with Crippen molar-refractivity contribution in [3.63, 3.8) is 0 Å². The van der Waals surface area contributed by atoms with E-state index in [1.165, 1.54) is 69.8 Å². The van der Waals surface area contributed by atoms with Crippen LogP contribution in [-0.4, -0.2) is 5.97 Å². The number of ether oxygens (including phenoxy) is 1. The number of carbonyl (C=O) groups is 1. The van der Waals surface area contributed by atoms with Crippen molar-refractivity contribution in [3.8, 4) is 11.8 Å². The second-order valence-electron chi connectivity index (χ2n) is 10.1. The minimum absolute atomic E-state index is 0.352. The molecule has 0 bridgehead atoms. The van der Waals surface area contributed by atoms with Gasteiger partial charge in [0.15, 0.2) is 5.41 Å². The van der Waals surface area contributed by atoms with E-state index >= 15 is 0 Å². The SMILES string of the molecule is CCCCCC1CCC(C#N)(C(=O)Oc2ccc(C3CCC(CCC)CC3)cc2)CC1. The monoisotopic (exact) mass is 423 g/mol. The molecule has 3 nitrogen and oxygen atoms in total. The van der Waals surface area contributed by atoms with E-state index in [0.29, 0.717) is 30.4 Å². The molecule has 0 N–H and O–H groups in total. The highest BCUT2D eigenvalue weighted by Gasteiger charge is 2.43. The van der Waals surface area contributed by atoms with Gasteiger partial charge in [-0.15, -0.1) is 0 Å². The number of esters is 1. The largest absolute Gasteiger partial charge is 0.425 e. The van der Waals surface area contributed by atoms with E-state index in [0.717, 1.165) is 18.8 Å². The third kappa shape index (κ3) is 6.34. The highest BCUT2D eigenvalue weighted by atomic mass is 16.5. The minimum Gasteiger partial charge on any atom is -0.425 e. The molecule has 1 aromatic rings. The van der Waals surface area contributed by atoms with E-state index in [9.17, 15) is 10.1 Å². The average molecular weight is 424 g/mol. The van der Waals surface area contributed by atoms with Gasteiger partial charge in [0.2, 0.25) is 0 Å². The van der Waals surface area contributed by atoms with Crippen LogP contribution in [0.15, 0.2) is 24.3 Å². The maximum Gasteiger partial charge on any atom is 0.331 e. The van der Waals surface area contributed by atoms with Gasteiger partial charge < -0.3 is 4.74 Å². The lowest BCUT2D eigenvalue weighted by Crippen LogP contribution is -2.37. The molecule has 2 saturated carbocycles. The Morgan fingerprint density at radius 2 is 1.58 bits per heavy atom. The van der Waals surface area contributed by atoms with E-state index in [2.05, 4.69) is 32.0 Å². The van der Waals surface area contributed by atoms with Gasteiger partial charge in [0.05, 0.1) is 6.07 Å². The van der Waals surface area contributed by atoms with Crippen molar-refractivity contribution in [1.29, 1.82) is 5.26 Å². The van der Waals surface area contributed by atoms with Gasteiger partial charge in [0.25, 0.3) is 0 Å². The van der Waals surface area contributed by atoms with Crippen LogP contribution in [-0.2, 0) is 4.79 Å². The molecule has 0 aliphatic heterocycles. The Morgan fingerprint density at radius 1 is 0.935 bits per heavy atom. The summed E-state index contributed by atoms with van der Waals surface area (Å²) in [4.78, 5) is 12.9. The molecule has 0 unspecified atom stereocenters. The first kappa shape index (κ1) is 23.8. The average Bonchev–Trinajstić information content (AvgIpc) is 2.81. The lowest BCUT2D eigenvalue weighted by Gasteiger charge is -2.33. The van der Waals surface area contributed by atoms with Crippen LogP contribution >= 0.6 is 0 Å². The summed E-state index contributed by atoms with van der Waals surface area (Å²) in [5.74, 6) is 2.42. The van der Waals surface area contributed by atoms with E-state index < -0.39 is 5.41 Å². The van der Waals surface area contributed by atoms with Gasteiger partial charge in [0.1, 0.15) is 5.75 Å². The third-order valence-corrected chi connectivity index (χ3v) is 7.89. The molecule has 2 fully saturated rings. The molecule has 0 atom stereocenters. The number of nitrogens with zero attached hydrogens (tertiary/aromatic N) is 1. The Balaban J connectivity index is 1.51. The van der Waals surface area contributed by atoms with Crippen molar-refractivity contribution in [2.45, 2.75) is 110 Å². The summed E-state index contributed by atoms with van der Waals surface area (Å²) in [6.07, 6.45) is 16.1. The van der Waals surface area contributed by atoms with Crippen molar-refractivity contribution in [2.75, 3.05) is 0 Å². The number of carbonyl (C=O) groups excluding carboxylic acids is 1. The van der Waals surface area contributed by atoms with Crippen LogP contribution in [0.5, 0.6) is 5.75 Å². The van der Waals surface area contributed by atoms with Gasteiger partial charge in [-0.05, 0) is 86.8 Å². The first-order valence-corrected chi connectivity index (χ1v) is 12.8. The Kier molecular flexibility index (Phi) is 9.00. The number of nitriles is 1. The Hall–Kier alpha value is -1.82. The van der Waals surface area contributed by atoms with E-state index in [1.54, 1.807) is 0 Å². The molecule has 2 aliphatic rings. The summed E-state index contributed by atoms with van der Waals surface area (Å²) in [5, 5.41) is 9.81. The smallest absolute Gasteiger partial charge is 0.331 e. The van der Waals surface area contributed by atoms with Gasteiger partial charge in [-0.25, -0.2) is 4.79 Å². The molecular weight excluding hydrogens is 382 g/mol. The maximum atomic E-state index is 12.9. The summed E-state index contributed by atoms with van der Waals surface area (Å²) in [6.45, 7) is 4.50. The van der Waals surface area contributed by atoms with Crippen LogP contribution in [0.25, 0.3) is 0 Å². The van der Waals surface area contributed by atoms with Crippen LogP contribution in [0.4, 0.5) is 0 Å². The summed E-state index contributed by atoms with van der Waals surface area (Å²) in [7, 11) is 0. The fraction of sp³-hybridized carbons (Fsp3) is 0.714. The molecule has 0 saturated heterocycles. The molecule has 31 heavy (non-hydrogen) atoms. The molecular formula is C28H41NO2. The Labute approximate surface area is 189 Å². The molecule has 1 aromatic carbocycles. The van der Waals surface area contributed by atoms with Gasteiger partial charge >= 0.3 is 5.97 Å². The zero-order valence-electron chi connectivity index (χ0n) is 19.7. The molecule has 3 rings (SSSR count). The van der Waals surface area contributed by atoms with Crippen molar-refractivity contribution in [3.05, 3.63) is 29.8 Å². The predicted molar refractivity (Wildman–Crippen MR) is 126 cm³/mol. The van der Waals surface area contributed by atoms with Gasteiger partial charge in [-0.3, -0.25) is 0 Å². The highest BCUT2D eigenvalue weighted by molar-refractivity contribution is 5.82. The van der Waals surface area contributed by atoms with E-state index in [4.69, 9.17) is 4.74 Å². The standard InChI is InChI=1S/C28H41NO2/c1-3-5-6-8-23-17-19-28(21-29,20-18-23)27(30)31-26-15-13-25(14-16-26)24-11-9-22(7-4-2)10-12-24/h13-16,22-24H,3-12,17-20H2,1-2H3. The molecule has 3 heteroatoms. The van der Waals surface area contributed by atoms with Crippen molar-refractivity contribution < 1.29 is 9.53 Å². The predicted octanol–water partition coefficient (Wildman–Crippen LogP) is 7.95. The normalized spacial score (nSPS) is 28.6. The summed E-state index contributed by atoms with van der Waals surface area (Å²) in [5.41, 5.74) is 0.398. The second-order valence-corrected chi connectivity index (χ2v) is 10.1. The molecule has 0 amide bonds. The number of hydrogen-bond acceptors (Lipinski definition) is 3. The molecule has 0 spiro atoms. The van der Waals surface area contributed by atoms with E-state index in [-0.39, 0.29) is 5.97 Å². The molecule has 0 aromatic heterocycles. The molecule has 0 heterocycles. The molecule has 170 valence electrons. The quantitative estimate of drug-likeness (QED) is 0.230. The number of hydrogen-bond donors (Lipinski definition) is 0. The first-order chi connectivity index (χ1) is 15.1. The third-order valence-electron chi connectivity index (χ3n) is 7.89. The van der Waals surface area contributed by atoms with Gasteiger partial charge in [0, 0.05) is 0 Å². The first-order valence-electron chi connectivity index (χ1n) is 12.8.